The normalized spacial score (nSPS) is 11.6. The van der Waals surface area contributed by atoms with Crippen LogP contribution >= 0.6 is 0 Å². The Morgan fingerprint density at radius 2 is 2.00 bits per heavy atom. The van der Waals surface area contributed by atoms with Gasteiger partial charge in [0.25, 0.3) is 5.88 Å². The highest BCUT2D eigenvalue weighted by atomic mass is 16.5. The number of anilines is 3. The molecule has 9 nitrogen and oxygen atoms in total. The molecule has 0 aliphatic rings. The van der Waals surface area contributed by atoms with Crippen molar-refractivity contribution in [2.75, 3.05) is 18.2 Å². The zero-order chi connectivity index (χ0) is 21.7. The van der Waals surface area contributed by atoms with E-state index in [9.17, 15) is 0 Å². The fraction of sp³-hybridized carbons (Fsp3) is 0.227. The third-order valence-corrected chi connectivity index (χ3v) is 5.25. The largest absolute Gasteiger partial charge is 0.478 e. The molecule has 0 radical (unpaired) electrons. The summed E-state index contributed by atoms with van der Waals surface area (Å²) in [7, 11) is 3.39. The maximum atomic E-state index is 6.46. The second-order valence-corrected chi connectivity index (χ2v) is 7.70. The number of hydrogen-bond donors (Lipinski definition) is 2. The Hall–Kier alpha value is -4.01. The first kappa shape index (κ1) is 19.0. The number of rotatable bonds is 5. The molecule has 0 aliphatic heterocycles. The number of aromatic nitrogens is 5. The van der Waals surface area contributed by atoms with Gasteiger partial charge in [-0.2, -0.15) is 9.97 Å². The fourth-order valence-corrected chi connectivity index (χ4v) is 3.80. The number of nitrogen functional groups attached to an aromatic ring is 1. The van der Waals surface area contributed by atoms with Crippen LogP contribution in [-0.2, 0) is 7.05 Å². The van der Waals surface area contributed by atoms with Crippen LogP contribution in [0.1, 0.15) is 19.9 Å². The molecular formula is C22H23N7O2. The monoisotopic (exact) mass is 417 g/mol. The summed E-state index contributed by atoms with van der Waals surface area (Å²) < 4.78 is 14.6. The molecule has 1 aromatic carbocycles. The molecule has 5 rings (SSSR count). The van der Waals surface area contributed by atoms with Crippen LogP contribution in [0.2, 0.25) is 0 Å². The lowest BCUT2D eigenvalue weighted by Gasteiger charge is -2.10. The van der Waals surface area contributed by atoms with E-state index in [0.29, 0.717) is 23.3 Å². The molecule has 0 bridgehead atoms. The summed E-state index contributed by atoms with van der Waals surface area (Å²) in [6.07, 6.45) is 5.57. The number of aryl methyl sites for hydroxylation is 1. The Kier molecular flexibility index (Phi) is 4.32. The molecular weight excluding hydrogens is 394 g/mol. The highest BCUT2D eigenvalue weighted by Crippen LogP contribution is 2.37. The summed E-state index contributed by atoms with van der Waals surface area (Å²) >= 11 is 0. The average molecular weight is 417 g/mol. The van der Waals surface area contributed by atoms with Crippen LogP contribution in [0.5, 0.6) is 5.88 Å². The molecule has 4 aromatic heterocycles. The minimum Gasteiger partial charge on any atom is -0.478 e. The number of nitrogens with two attached hydrogens (primary N) is 1. The molecule has 158 valence electrons. The number of hydrogen-bond acceptors (Lipinski definition) is 7. The topological polar surface area (TPSA) is 109 Å². The van der Waals surface area contributed by atoms with Crippen LogP contribution in [0.25, 0.3) is 33.1 Å². The smallest absolute Gasteiger partial charge is 0.256 e. The first-order chi connectivity index (χ1) is 14.9. The Bertz CT molecular complexity index is 1410. The van der Waals surface area contributed by atoms with Crippen LogP contribution in [0.4, 0.5) is 17.5 Å². The minimum atomic E-state index is 0.184. The molecule has 0 atom stereocenters. The molecule has 5 aromatic rings. The van der Waals surface area contributed by atoms with Gasteiger partial charge in [0.1, 0.15) is 22.7 Å². The number of ether oxygens (including phenoxy) is 1. The predicted octanol–water partition coefficient (Wildman–Crippen LogP) is 4.49. The van der Waals surface area contributed by atoms with Crippen molar-refractivity contribution in [2.24, 2.45) is 7.05 Å². The molecule has 9 heteroatoms. The van der Waals surface area contributed by atoms with E-state index in [4.69, 9.17) is 19.9 Å². The summed E-state index contributed by atoms with van der Waals surface area (Å²) in [4.78, 5) is 9.31. The highest BCUT2D eigenvalue weighted by molar-refractivity contribution is 6.02. The van der Waals surface area contributed by atoms with Gasteiger partial charge in [-0.25, -0.2) is 0 Å². The van der Waals surface area contributed by atoms with Gasteiger partial charge in [-0.05, 0) is 37.6 Å². The molecule has 0 spiro atoms. The summed E-state index contributed by atoms with van der Waals surface area (Å²) in [5, 5.41) is 9.28. The zero-order valence-corrected chi connectivity index (χ0v) is 17.7. The second kappa shape index (κ2) is 7.05. The Morgan fingerprint density at radius 1 is 1.16 bits per heavy atom. The van der Waals surface area contributed by atoms with Crippen molar-refractivity contribution in [1.29, 1.82) is 0 Å². The fourth-order valence-electron chi connectivity index (χ4n) is 3.80. The van der Waals surface area contributed by atoms with Crippen molar-refractivity contribution in [1.82, 2.24) is 24.3 Å². The van der Waals surface area contributed by atoms with Crippen LogP contribution in [0, 0.1) is 0 Å². The molecule has 3 N–H and O–H groups in total. The van der Waals surface area contributed by atoms with E-state index in [2.05, 4.69) is 46.1 Å². The number of methoxy groups -OCH3 is 1. The molecule has 4 heterocycles. The zero-order valence-electron chi connectivity index (χ0n) is 17.7. The number of fused-ring (bicyclic) bond motifs is 2. The van der Waals surface area contributed by atoms with Crippen molar-refractivity contribution in [3.05, 3.63) is 42.9 Å². The number of nitrogens with one attached hydrogen (secondary N) is 1. The van der Waals surface area contributed by atoms with E-state index in [-0.39, 0.29) is 6.04 Å². The van der Waals surface area contributed by atoms with Crippen LogP contribution < -0.4 is 15.8 Å². The minimum absolute atomic E-state index is 0.184. The van der Waals surface area contributed by atoms with Gasteiger partial charge >= 0.3 is 0 Å². The molecule has 31 heavy (non-hydrogen) atoms. The van der Waals surface area contributed by atoms with Crippen LogP contribution in [-0.4, -0.2) is 31.4 Å². The van der Waals surface area contributed by atoms with Crippen LogP contribution in [0.15, 0.2) is 47.3 Å². The van der Waals surface area contributed by atoms with E-state index in [1.807, 2.05) is 25.2 Å². The van der Waals surface area contributed by atoms with Gasteiger partial charge in [-0.1, -0.05) is 6.07 Å². The summed E-state index contributed by atoms with van der Waals surface area (Å²) in [5.41, 5.74) is 10.7. The van der Waals surface area contributed by atoms with Crippen molar-refractivity contribution in [2.45, 2.75) is 19.9 Å². The lowest BCUT2D eigenvalue weighted by molar-refractivity contribution is 0.393. The maximum absolute atomic E-state index is 6.46. The van der Waals surface area contributed by atoms with Gasteiger partial charge in [0.2, 0.25) is 5.95 Å². The SMILES string of the molecule is COc1nn(C)cc1Nc1nc(N)c2c(-c3ccc4occc4c3)cn(C(C)C)c2n1. The van der Waals surface area contributed by atoms with E-state index < -0.39 is 0 Å². The lowest BCUT2D eigenvalue weighted by atomic mass is 10.0. The first-order valence-corrected chi connectivity index (χ1v) is 9.95. The quantitative estimate of drug-likeness (QED) is 0.433. The molecule has 0 saturated heterocycles. The van der Waals surface area contributed by atoms with Gasteiger partial charge in [0.05, 0.1) is 25.0 Å². The van der Waals surface area contributed by atoms with Gasteiger partial charge in [0.15, 0.2) is 0 Å². The third-order valence-electron chi connectivity index (χ3n) is 5.25. The van der Waals surface area contributed by atoms with E-state index >= 15 is 0 Å². The molecule has 0 unspecified atom stereocenters. The predicted molar refractivity (Wildman–Crippen MR) is 121 cm³/mol. The maximum Gasteiger partial charge on any atom is 0.256 e. The second-order valence-electron chi connectivity index (χ2n) is 7.70. The van der Waals surface area contributed by atoms with Crippen molar-refractivity contribution >= 4 is 39.5 Å². The molecule has 0 fully saturated rings. The summed E-state index contributed by atoms with van der Waals surface area (Å²) in [5.74, 6) is 1.24. The van der Waals surface area contributed by atoms with Crippen molar-refractivity contribution < 1.29 is 9.15 Å². The Labute approximate surface area is 178 Å². The first-order valence-electron chi connectivity index (χ1n) is 9.95. The summed E-state index contributed by atoms with van der Waals surface area (Å²) in [6.45, 7) is 4.22. The van der Waals surface area contributed by atoms with Gasteiger partial charge in [-0.15, -0.1) is 5.10 Å². The van der Waals surface area contributed by atoms with Crippen molar-refractivity contribution in [3.8, 4) is 17.0 Å². The standard InChI is InChI=1S/C22H23N7O2/c1-12(2)29-10-15(13-5-6-17-14(9-13)7-8-31-17)18-19(23)25-22(26-20(18)29)24-16-11-28(3)27-21(16)30-4/h5-12H,1-4H3,(H3,23,24,25,26). The average Bonchev–Trinajstić information content (AvgIpc) is 3.43. The van der Waals surface area contributed by atoms with E-state index in [1.54, 1.807) is 24.3 Å². The van der Waals surface area contributed by atoms with Crippen LogP contribution in [0.3, 0.4) is 0 Å². The number of benzene rings is 1. The van der Waals surface area contributed by atoms with Gasteiger partial charge in [0, 0.05) is 30.2 Å². The third kappa shape index (κ3) is 3.14. The van der Waals surface area contributed by atoms with E-state index in [1.165, 1.54) is 0 Å². The van der Waals surface area contributed by atoms with Gasteiger partial charge < -0.3 is 24.8 Å². The molecule has 0 saturated carbocycles. The van der Waals surface area contributed by atoms with Crippen molar-refractivity contribution in [3.63, 3.8) is 0 Å². The Balaban J connectivity index is 1.67. The molecule has 0 aliphatic carbocycles. The highest BCUT2D eigenvalue weighted by Gasteiger charge is 2.20. The number of furan rings is 1. The molecule has 0 amide bonds. The lowest BCUT2D eigenvalue weighted by Crippen LogP contribution is -2.05. The van der Waals surface area contributed by atoms with E-state index in [0.717, 1.165) is 33.1 Å². The summed E-state index contributed by atoms with van der Waals surface area (Å²) in [6, 6.07) is 8.21. The van der Waals surface area contributed by atoms with Gasteiger partial charge in [-0.3, -0.25) is 4.68 Å². The number of nitrogens with zero attached hydrogens (tertiary/aromatic N) is 5. The Morgan fingerprint density at radius 3 is 2.77 bits per heavy atom.